The maximum atomic E-state index is 13.0. The lowest BCUT2D eigenvalue weighted by molar-refractivity contribution is 0.0647. The number of ether oxygens (including phenoxy) is 1. The number of halogens is 2. The molecule has 0 amide bonds. The molecule has 2 aromatic rings. The summed E-state index contributed by atoms with van der Waals surface area (Å²) in [7, 11) is 0. The normalized spacial score (nSPS) is 25.1. The van der Waals surface area contributed by atoms with Gasteiger partial charge in [-0.3, -0.25) is 9.80 Å². The van der Waals surface area contributed by atoms with Crippen LogP contribution in [0.25, 0.3) is 0 Å². The first-order chi connectivity index (χ1) is 15.1. The second kappa shape index (κ2) is 9.99. The monoisotopic (exact) mass is 441 g/mol. The quantitative estimate of drug-likeness (QED) is 0.640. The van der Waals surface area contributed by atoms with Crippen molar-refractivity contribution in [3.63, 3.8) is 0 Å². The summed E-state index contributed by atoms with van der Waals surface area (Å²) < 4.78 is 18.7. The lowest BCUT2D eigenvalue weighted by Gasteiger charge is -2.44. The Hall–Kier alpha value is -2.13. The van der Waals surface area contributed by atoms with Gasteiger partial charge in [-0.2, -0.15) is 5.26 Å². The van der Waals surface area contributed by atoms with Gasteiger partial charge in [-0.05, 0) is 67.6 Å². The van der Waals surface area contributed by atoms with E-state index in [1.807, 2.05) is 24.3 Å². The molecular weight excluding hydrogens is 413 g/mol. The number of nitriles is 1. The molecule has 1 saturated carbocycles. The lowest BCUT2D eigenvalue weighted by atomic mass is 9.69. The van der Waals surface area contributed by atoms with Gasteiger partial charge in [-0.25, -0.2) is 4.39 Å². The van der Waals surface area contributed by atoms with Crippen molar-refractivity contribution in [3.8, 4) is 11.8 Å². The maximum absolute atomic E-state index is 13.0. The fraction of sp³-hybridized carbons (Fsp3) is 0.480. The van der Waals surface area contributed by atoms with E-state index in [2.05, 4.69) is 15.9 Å². The fourth-order valence-corrected chi connectivity index (χ4v) is 5.00. The van der Waals surface area contributed by atoms with Crippen molar-refractivity contribution in [1.29, 1.82) is 5.26 Å². The molecule has 0 atom stereocenters. The predicted molar refractivity (Wildman–Crippen MR) is 121 cm³/mol. The van der Waals surface area contributed by atoms with Crippen LogP contribution in [-0.2, 0) is 5.41 Å². The average Bonchev–Trinajstić information content (AvgIpc) is 2.81. The van der Waals surface area contributed by atoms with Crippen LogP contribution in [0.1, 0.15) is 31.2 Å². The average molecular weight is 442 g/mol. The molecule has 1 heterocycles. The Morgan fingerprint density at radius 1 is 1.00 bits per heavy atom. The third-order valence-electron chi connectivity index (χ3n) is 6.83. The van der Waals surface area contributed by atoms with Crippen LogP contribution < -0.4 is 4.74 Å². The molecule has 1 aliphatic heterocycles. The molecule has 31 heavy (non-hydrogen) atoms. The number of nitrogens with zero attached hydrogens (tertiary/aromatic N) is 3. The van der Waals surface area contributed by atoms with Crippen molar-refractivity contribution in [2.75, 3.05) is 39.3 Å². The minimum atomic E-state index is -0.374. The topological polar surface area (TPSA) is 39.5 Å². The second-order valence-electron chi connectivity index (χ2n) is 8.61. The molecular formula is C25H29ClFN3O. The smallest absolute Gasteiger partial charge is 0.123 e. The summed E-state index contributed by atoms with van der Waals surface area (Å²) in [6.45, 7) is 5.67. The van der Waals surface area contributed by atoms with E-state index in [9.17, 15) is 9.65 Å². The van der Waals surface area contributed by atoms with Crippen molar-refractivity contribution in [3.05, 3.63) is 64.9 Å². The lowest BCUT2D eigenvalue weighted by Crippen LogP contribution is -2.52. The Morgan fingerprint density at radius 2 is 1.65 bits per heavy atom. The van der Waals surface area contributed by atoms with Crippen LogP contribution in [-0.4, -0.2) is 55.2 Å². The van der Waals surface area contributed by atoms with Crippen LogP contribution in [0.5, 0.6) is 5.75 Å². The van der Waals surface area contributed by atoms with Crippen molar-refractivity contribution in [1.82, 2.24) is 9.80 Å². The zero-order valence-electron chi connectivity index (χ0n) is 17.8. The molecule has 0 N–H and O–H groups in total. The molecule has 1 aliphatic carbocycles. The van der Waals surface area contributed by atoms with Gasteiger partial charge in [0.05, 0.1) is 11.5 Å². The van der Waals surface area contributed by atoms with Crippen molar-refractivity contribution >= 4 is 11.6 Å². The first kappa shape index (κ1) is 22.1. The van der Waals surface area contributed by atoms with E-state index in [0.717, 1.165) is 64.0 Å². The van der Waals surface area contributed by atoms with Gasteiger partial charge in [-0.1, -0.05) is 23.7 Å². The molecule has 0 bridgehead atoms. The van der Waals surface area contributed by atoms with E-state index in [4.69, 9.17) is 16.3 Å². The van der Waals surface area contributed by atoms with Gasteiger partial charge in [0.15, 0.2) is 0 Å². The fourth-order valence-electron chi connectivity index (χ4n) is 4.87. The molecule has 2 aromatic carbocycles. The number of hydrogen-bond acceptors (Lipinski definition) is 4. The summed E-state index contributed by atoms with van der Waals surface area (Å²) in [5, 5.41) is 10.7. The zero-order chi connectivity index (χ0) is 21.7. The zero-order valence-corrected chi connectivity index (χ0v) is 18.5. The standard InChI is InChI=1S/C25H29ClFN3O/c26-21-3-1-20(2-4-21)25(19-28)11-9-23(10-12-25)30-15-13-29(14-16-30)17-18-31-24-7-5-22(27)6-8-24/h1-8,23H,9-18H2/t23-,25-. The van der Waals surface area contributed by atoms with Gasteiger partial charge in [-0.15, -0.1) is 0 Å². The molecule has 2 fully saturated rings. The summed E-state index contributed by atoms with van der Waals surface area (Å²) in [5.41, 5.74) is 0.726. The molecule has 2 aliphatic rings. The highest BCUT2D eigenvalue weighted by Crippen LogP contribution is 2.40. The molecule has 0 unspecified atom stereocenters. The molecule has 0 aromatic heterocycles. The van der Waals surface area contributed by atoms with Gasteiger partial charge in [0.1, 0.15) is 18.2 Å². The molecule has 6 heteroatoms. The summed E-state index contributed by atoms with van der Waals surface area (Å²) in [4.78, 5) is 5.02. The van der Waals surface area contributed by atoms with E-state index in [-0.39, 0.29) is 11.2 Å². The van der Waals surface area contributed by atoms with E-state index >= 15 is 0 Å². The molecule has 0 spiro atoms. The molecule has 1 saturated heterocycles. The predicted octanol–water partition coefficient (Wildman–Crippen LogP) is 4.88. The second-order valence-corrected chi connectivity index (χ2v) is 9.05. The minimum Gasteiger partial charge on any atom is -0.492 e. The van der Waals surface area contributed by atoms with E-state index in [1.165, 1.54) is 12.1 Å². The summed E-state index contributed by atoms with van der Waals surface area (Å²) in [6.07, 6.45) is 3.93. The Labute approximate surface area is 189 Å². The Morgan fingerprint density at radius 3 is 2.26 bits per heavy atom. The van der Waals surface area contributed by atoms with E-state index in [1.54, 1.807) is 12.1 Å². The Kier molecular flexibility index (Phi) is 7.12. The SMILES string of the molecule is N#C[C@]1(c2ccc(Cl)cc2)CC[C@H](N2CCN(CCOc3ccc(F)cc3)CC2)CC1. The van der Waals surface area contributed by atoms with Crippen LogP contribution in [0.4, 0.5) is 4.39 Å². The Balaban J connectivity index is 1.21. The minimum absolute atomic E-state index is 0.244. The maximum Gasteiger partial charge on any atom is 0.123 e. The molecule has 0 radical (unpaired) electrons. The highest BCUT2D eigenvalue weighted by Gasteiger charge is 2.39. The van der Waals surface area contributed by atoms with Gasteiger partial charge >= 0.3 is 0 Å². The van der Waals surface area contributed by atoms with Crippen molar-refractivity contribution in [2.24, 2.45) is 0 Å². The number of piperazine rings is 1. The van der Waals surface area contributed by atoms with Crippen LogP contribution in [0.15, 0.2) is 48.5 Å². The number of rotatable bonds is 6. The summed E-state index contributed by atoms with van der Waals surface area (Å²) in [5.74, 6) is 0.468. The number of hydrogen-bond donors (Lipinski definition) is 0. The van der Waals surface area contributed by atoms with Gasteiger partial charge in [0, 0.05) is 43.8 Å². The van der Waals surface area contributed by atoms with Gasteiger partial charge in [0.25, 0.3) is 0 Å². The van der Waals surface area contributed by atoms with Crippen LogP contribution in [0, 0.1) is 17.1 Å². The third-order valence-corrected chi connectivity index (χ3v) is 7.08. The highest BCUT2D eigenvalue weighted by atomic mass is 35.5. The summed E-state index contributed by atoms with van der Waals surface area (Å²) >= 11 is 6.03. The molecule has 4 nitrogen and oxygen atoms in total. The van der Waals surface area contributed by atoms with Crippen LogP contribution in [0.3, 0.4) is 0 Å². The molecule has 164 valence electrons. The van der Waals surface area contributed by atoms with Crippen LogP contribution >= 0.6 is 11.6 Å². The highest BCUT2D eigenvalue weighted by molar-refractivity contribution is 6.30. The van der Waals surface area contributed by atoms with Gasteiger partial charge in [0.2, 0.25) is 0 Å². The van der Waals surface area contributed by atoms with Crippen molar-refractivity contribution < 1.29 is 9.13 Å². The Bertz CT molecular complexity index is 880. The van der Waals surface area contributed by atoms with Gasteiger partial charge < -0.3 is 4.74 Å². The summed E-state index contributed by atoms with van der Waals surface area (Å²) in [6, 6.07) is 17.2. The first-order valence-electron chi connectivity index (χ1n) is 11.1. The van der Waals surface area contributed by atoms with Crippen LogP contribution in [0.2, 0.25) is 5.02 Å². The van der Waals surface area contributed by atoms with E-state index < -0.39 is 0 Å². The van der Waals surface area contributed by atoms with Crippen molar-refractivity contribution in [2.45, 2.75) is 37.1 Å². The van der Waals surface area contributed by atoms with E-state index in [0.29, 0.717) is 23.4 Å². The molecule has 4 rings (SSSR count). The number of benzene rings is 2. The largest absolute Gasteiger partial charge is 0.492 e. The third kappa shape index (κ3) is 5.38. The first-order valence-corrected chi connectivity index (χ1v) is 11.5.